The Morgan fingerprint density at radius 2 is 1.82 bits per heavy atom. The summed E-state index contributed by atoms with van der Waals surface area (Å²) in [5, 5.41) is 0. The zero-order valence-corrected chi connectivity index (χ0v) is 10.2. The Bertz CT molecular complexity index is 336. The first-order valence-corrected chi connectivity index (χ1v) is 6.50. The van der Waals surface area contributed by atoms with Gasteiger partial charge in [-0.05, 0) is 24.3 Å². The van der Waals surface area contributed by atoms with E-state index in [9.17, 15) is 4.79 Å². The fraction of sp³-hybridized carbons (Fsp3) is 0.533. The van der Waals surface area contributed by atoms with E-state index in [-0.39, 0.29) is 0 Å². The van der Waals surface area contributed by atoms with Crippen LogP contribution >= 0.6 is 0 Å². The minimum atomic E-state index is 0.662. The number of rotatable bonds is 5. The first-order chi connectivity index (χ1) is 8.38. The molecule has 0 spiro atoms. The van der Waals surface area contributed by atoms with Crippen molar-refractivity contribution in [3.63, 3.8) is 0 Å². The molecular formula is C15H20O2. The van der Waals surface area contributed by atoms with Crippen LogP contribution in [0, 0.1) is 5.92 Å². The predicted octanol–water partition coefficient (Wildman–Crippen LogP) is 3.60. The Morgan fingerprint density at radius 1 is 1.12 bits per heavy atom. The van der Waals surface area contributed by atoms with Crippen LogP contribution < -0.4 is 0 Å². The lowest BCUT2D eigenvalue weighted by Gasteiger charge is -2.21. The fourth-order valence-corrected chi connectivity index (χ4v) is 2.39. The number of hydrogen-bond acceptors (Lipinski definition) is 2. The molecular weight excluding hydrogens is 212 g/mol. The van der Waals surface area contributed by atoms with Crippen molar-refractivity contribution in [2.75, 3.05) is 6.61 Å². The summed E-state index contributed by atoms with van der Waals surface area (Å²) in [4.78, 5) is 10.5. The van der Waals surface area contributed by atoms with Crippen molar-refractivity contribution >= 4 is 6.29 Å². The van der Waals surface area contributed by atoms with Gasteiger partial charge in [0, 0.05) is 12.2 Å². The van der Waals surface area contributed by atoms with E-state index in [1.165, 1.54) is 32.1 Å². The maximum absolute atomic E-state index is 10.5. The highest BCUT2D eigenvalue weighted by atomic mass is 16.5. The SMILES string of the molecule is O=Cc1ccc(COCC2CCCCC2)cc1. The van der Waals surface area contributed by atoms with E-state index in [2.05, 4.69) is 0 Å². The lowest BCUT2D eigenvalue weighted by molar-refractivity contribution is 0.0739. The topological polar surface area (TPSA) is 26.3 Å². The third kappa shape index (κ3) is 3.97. The number of benzene rings is 1. The van der Waals surface area contributed by atoms with Crippen molar-refractivity contribution in [3.8, 4) is 0 Å². The minimum Gasteiger partial charge on any atom is -0.376 e. The Balaban J connectivity index is 1.71. The van der Waals surface area contributed by atoms with Gasteiger partial charge in [0.2, 0.25) is 0 Å². The second-order valence-electron chi connectivity index (χ2n) is 4.88. The number of hydrogen-bond donors (Lipinski definition) is 0. The van der Waals surface area contributed by atoms with E-state index in [0.29, 0.717) is 6.61 Å². The predicted molar refractivity (Wildman–Crippen MR) is 68.1 cm³/mol. The zero-order valence-electron chi connectivity index (χ0n) is 10.2. The molecule has 1 aromatic carbocycles. The van der Waals surface area contributed by atoms with Gasteiger partial charge in [-0.1, -0.05) is 43.5 Å². The average Bonchev–Trinajstić information content (AvgIpc) is 2.41. The number of aldehydes is 1. The summed E-state index contributed by atoms with van der Waals surface area (Å²) in [5.74, 6) is 0.762. The van der Waals surface area contributed by atoms with E-state index >= 15 is 0 Å². The average molecular weight is 232 g/mol. The second kappa shape index (κ2) is 6.55. The van der Waals surface area contributed by atoms with E-state index in [4.69, 9.17) is 4.74 Å². The first kappa shape index (κ1) is 12.3. The monoisotopic (exact) mass is 232 g/mol. The van der Waals surface area contributed by atoms with E-state index in [0.717, 1.165) is 29.9 Å². The summed E-state index contributed by atoms with van der Waals surface area (Å²) in [7, 11) is 0. The van der Waals surface area contributed by atoms with Crippen molar-refractivity contribution in [2.24, 2.45) is 5.92 Å². The molecule has 0 bridgehead atoms. The smallest absolute Gasteiger partial charge is 0.150 e. The highest BCUT2D eigenvalue weighted by Gasteiger charge is 2.13. The van der Waals surface area contributed by atoms with Gasteiger partial charge < -0.3 is 4.74 Å². The Morgan fingerprint density at radius 3 is 2.47 bits per heavy atom. The molecule has 0 heterocycles. The molecule has 92 valence electrons. The van der Waals surface area contributed by atoms with Crippen LogP contribution in [0.25, 0.3) is 0 Å². The minimum absolute atomic E-state index is 0.662. The number of carbonyl (C=O) groups excluding carboxylic acids is 1. The number of carbonyl (C=O) groups is 1. The zero-order chi connectivity index (χ0) is 11.9. The molecule has 0 aromatic heterocycles. The first-order valence-electron chi connectivity index (χ1n) is 6.50. The third-order valence-electron chi connectivity index (χ3n) is 3.46. The molecule has 0 unspecified atom stereocenters. The standard InChI is InChI=1S/C15H20O2/c16-10-13-6-8-15(9-7-13)12-17-11-14-4-2-1-3-5-14/h6-10,14H,1-5,11-12H2. The molecule has 2 nitrogen and oxygen atoms in total. The summed E-state index contributed by atoms with van der Waals surface area (Å²) in [5.41, 5.74) is 1.87. The van der Waals surface area contributed by atoms with Gasteiger partial charge in [0.05, 0.1) is 6.61 Å². The summed E-state index contributed by atoms with van der Waals surface area (Å²) in [6.45, 7) is 1.55. The summed E-state index contributed by atoms with van der Waals surface area (Å²) in [6.07, 6.45) is 7.63. The highest BCUT2D eigenvalue weighted by molar-refractivity contribution is 5.74. The van der Waals surface area contributed by atoms with Crippen LogP contribution in [0.1, 0.15) is 48.0 Å². The molecule has 0 amide bonds. The third-order valence-corrected chi connectivity index (χ3v) is 3.46. The maximum atomic E-state index is 10.5. The molecule has 0 atom stereocenters. The van der Waals surface area contributed by atoms with Crippen molar-refractivity contribution in [1.82, 2.24) is 0 Å². The van der Waals surface area contributed by atoms with Gasteiger partial charge in [-0.3, -0.25) is 4.79 Å². The lowest BCUT2D eigenvalue weighted by Crippen LogP contribution is -2.13. The van der Waals surface area contributed by atoms with Gasteiger partial charge in [-0.15, -0.1) is 0 Å². The Labute approximate surface area is 103 Å². The van der Waals surface area contributed by atoms with Crippen LogP contribution in [0.15, 0.2) is 24.3 Å². The molecule has 1 aliphatic carbocycles. The van der Waals surface area contributed by atoms with E-state index in [1.54, 1.807) is 0 Å². The Kier molecular flexibility index (Phi) is 4.75. The van der Waals surface area contributed by atoms with Crippen LogP contribution in [0.5, 0.6) is 0 Å². The maximum Gasteiger partial charge on any atom is 0.150 e. The molecule has 0 aliphatic heterocycles. The van der Waals surface area contributed by atoms with Gasteiger partial charge in [-0.2, -0.15) is 0 Å². The molecule has 0 radical (unpaired) electrons. The summed E-state index contributed by atoms with van der Waals surface area (Å²) in [6, 6.07) is 7.60. The largest absolute Gasteiger partial charge is 0.376 e. The van der Waals surface area contributed by atoms with Crippen LogP contribution in [-0.4, -0.2) is 12.9 Å². The van der Waals surface area contributed by atoms with Crippen molar-refractivity contribution in [2.45, 2.75) is 38.7 Å². The fourth-order valence-electron chi connectivity index (χ4n) is 2.39. The van der Waals surface area contributed by atoms with Crippen molar-refractivity contribution < 1.29 is 9.53 Å². The van der Waals surface area contributed by atoms with Crippen LogP contribution in [-0.2, 0) is 11.3 Å². The molecule has 1 fully saturated rings. The van der Waals surface area contributed by atoms with Crippen LogP contribution in [0.2, 0.25) is 0 Å². The molecule has 1 aromatic rings. The van der Waals surface area contributed by atoms with Crippen LogP contribution in [0.4, 0.5) is 0 Å². The van der Waals surface area contributed by atoms with Crippen molar-refractivity contribution in [1.29, 1.82) is 0 Å². The molecule has 0 saturated heterocycles. The summed E-state index contributed by atoms with van der Waals surface area (Å²) < 4.78 is 5.74. The Hall–Kier alpha value is -1.15. The quantitative estimate of drug-likeness (QED) is 0.725. The van der Waals surface area contributed by atoms with Crippen molar-refractivity contribution in [3.05, 3.63) is 35.4 Å². The highest BCUT2D eigenvalue weighted by Crippen LogP contribution is 2.23. The second-order valence-corrected chi connectivity index (χ2v) is 4.88. The normalized spacial score (nSPS) is 16.9. The van der Waals surface area contributed by atoms with E-state index < -0.39 is 0 Å². The van der Waals surface area contributed by atoms with Gasteiger partial charge in [0.15, 0.2) is 0 Å². The molecule has 2 heteroatoms. The molecule has 1 aliphatic rings. The van der Waals surface area contributed by atoms with Gasteiger partial charge in [-0.25, -0.2) is 0 Å². The number of ether oxygens (including phenoxy) is 1. The molecule has 0 N–H and O–H groups in total. The van der Waals surface area contributed by atoms with E-state index in [1.807, 2.05) is 24.3 Å². The summed E-state index contributed by atoms with van der Waals surface area (Å²) >= 11 is 0. The van der Waals surface area contributed by atoms with Gasteiger partial charge in [0.1, 0.15) is 6.29 Å². The molecule has 17 heavy (non-hydrogen) atoms. The lowest BCUT2D eigenvalue weighted by atomic mass is 9.90. The van der Waals surface area contributed by atoms with Gasteiger partial charge in [0.25, 0.3) is 0 Å². The molecule has 1 saturated carbocycles. The van der Waals surface area contributed by atoms with Gasteiger partial charge >= 0.3 is 0 Å². The molecule has 2 rings (SSSR count). The van der Waals surface area contributed by atoms with Crippen LogP contribution in [0.3, 0.4) is 0 Å².